The first-order chi connectivity index (χ1) is 7.36. The Morgan fingerprint density at radius 3 is 3.07 bits per heavy atom. The molecule has 0 saturated heterocycles. The van der Waals surface area contributed by atoms with Gasteiger partial charge < -0.3 is 0 Å². The molecule has 0 radical (unpaired) electrons. The van der Waals surface area contributed by atoms with Gasteiger partial charge in [0.1, 0.15) is 12.4 Å². The minimum Gasteiger partial charge on any atom is -0.237 e. The Balaban J connectivity index is 2.26. The van der Waals surface area contributed by atoms with Crippen molar-refractivity contribution in [3.05, 3.63) is 18.7 Å². The van der Waals surface area contributed by atoms with Crippen molar-refractivity contribution in [2.45, 2.75) is 32.4 Å². The van der Waals surface area contributed by atoms with E-state index in [1.165, 1.54) is 12.2 Å². The number of hydrogen-bond acceptors (Lipinski definition) is 2. The summed E-state index contributed by atoms with van der Waals surface area (Å²) >= 11 is 1.89. The minimum absolute atomic E-state index is 0.644. The van der Waals surface area contributed by atoms with E-state index in [9.17, 15) is 0 Å². The van der Waals surface area contributed by atoms with Gasteiger partial charge in [-0.3, -0.25) is 0 Å². The van der Waals surface area contributed by atoms with Crippen LogP contribution in [0.4, 0.5) is 0 Å². The summed E-state index contributed by atoms with van der Waals surface area (Å²) in [6, 6.07) is 2.16. The Kier molecular flexibility index (Phi) is 5.94. The lowest BCUT2D eigenvalue weighted by atomic mass is 10.3. The molecule has 1 aromatic heterocycles. The monoisotopic (exact) mass is 224 g/mol. The van der Waals surface area contributed by atoms with Crippen LogP contribution < -0.4 is 4.57 Å². The highest BCUT2D eigenvalue weighted by Crippen LogP contribution is 1.96. The maximum atomic E-state index is 8.43. The molecule has 1 aromatic rings. The van der Waals surface area contributed by atoms with Crippen LogP contribution in [0.3, 0.4) is 0 Å². The average Bonchev–Trinajstić information content (AvgIpc) is 2.67. The van der Waals surface area contributed by atoms with E-state index in [1.807, 2.05) is 11.8 Å². The van der Waals surface area contributed by atoms with Gasteiger partial charge in [0.2, 0.25) is 6.33 Å². The first kappa shape index (κ1) is 12.1. The number of aryl methyl sites for hydroxylation is 2. The van der Waals surface area contributed by atoms with Crippen molar-refractivity contribution in [3.63, 3.8) is 0 Å². The summed E-state index contributed by atoms with van der Waals surface area (Å²) in [5.74, 6) is 1.21. The SMILES string of the molecule is CSCCC[n+]1ccn(CCCC#N)c1. The third-order valence-corrected chi connectivity index (χ3v) is 2.91. The molecule has 0 atom stereocenters. The highest BCUT2D eigenvalue weighted by atomic mass is 32.2. The second-order valence-corrected chi connectivity index (χ2v) is 4.48. The van der Waals surface area contributed by atoms with Gasteiger partial charge in [0.15, 0.2) is 0 Å². The Morgan fingerprint density at radius 2 is 2.33 bits per heavy atom. The normalized spacial score (nSPS) is 10.1. The molecular weight excluding hydrogens is 206 g/mol. The fourth-order valence-corrected chi connectivity index (χ4v) is 1.85. The zero-order valence-electron chi connectivity index (χ0n) is 9.22. The smallest absolute Gasteiger partial charge is 0.237 e. The summed E-state index contributed by atoms with van der Waals surface area (Å²) in [6.07, 6.45) is 11.2. The molecule has 0 fully saturated rings. The number of rotatable bonds is 7. The molecule has 15 heavy (non-hydrogen) atoms. The molecule has 0 aromatic carbocycles. The molecule has 0 unspecified atom stereocenters. The summed E-state index contributed by atoms with van der Waals surface area (Å²) in [6.45, 7) is 2.04. The lowest BCUT2D eigenvalue weighted by Gasteiger charge is -1.94. The Labute approximate surface area is 95.7 Å². The second kappa shape index (κ2) is 7.36. The molecule has 0 saturated carbocycles. The predicted molar refractivity (Wildman–Crippen MR) is 62.5 cm³/mol. The van der Waals surface area contributed by atoms with Crippen LogP contribution in [0.5, 0.6) is 0 Å². The van der Waals surface area contributed by atoms with E-state index < -0.39 is 0 Å². The van der Waals surface area contributed by atoms with Crippen LogP contribution in [0, 0.1) is 11.3 Å². The number of nitrogens with zero attached hydrogens (tertiary/aromatic N) is 3. The van der Waals surface area contributed by atoms with Gasteiger partial charge in [-0.1, -0.05) is 0 Å². The summed E-state index contributed by atoms with van der Waals surface area (Å²) < 4.78 is 4.36. The van der Waals surface area contributed by atoms with Crippen LogP contribution >= 0.6 is 11.8 Å². The summed E-state index contributed by atoms with van der Waals surface area (Å²) in [5.41, 5.74) is 0. The van der Waals surface area contributed by atoms with E-state index in [-0.39, 0.29) is 0 Å². The molecular formula is C11H18N3S+. The van der Waals surface area contributed by atoms with Crippen molar-refractivity contribution in [3.8, 4) is 6.07 Å². The van der Waals surface area contributed by atoms with Gasteiger partial charge in [0.05, 0.1) is 19.2 Å². The average molecular weight is 224 g/mol. The summed E-state index contributed by atoms with van der Waals surface area (Å²) in [4.78, 5) is 0. The van der Waals surface area contributed by atoms with Gasteiger partial charge in [-0.15, -0.1) is 0 Å². The number of hydrogen-bond donors (Lipinski definition) is 0. The van der Waals surface area contributed by atoms with E-state index in [1.54, 1.807) is 0 Å². The van der Waals surface area contributed by atoms with E-state index in [0.717, 1.165) is 19.5 Å². The lowest BCUT2D eigenvalue weighted by Crippen LogP contribution is -2.31. The molecule has 1 rings (SSSR count). The number of aromatic nitrogens is 2. The maximum absolute atomic E-state index is 8.43. The Morgan fingerprint density at radius 1 is 1.47 bits per heavy atom. The summed E-state index contributed by atoms with van der Waals surface area (Å²) in [7, 11) is 0. The van der Waals surface area contributed by atoms with Crippen LogP contribution in [0.25, 0.3) is 0 Å². The quantitative estimate of drug-likeness (QED) is 0.523. The van der Waals surface area contributed by atoms with Gasteiger partial charge in [-0.05, 0) is 24.9 Å². The van der Waals surface area contributed by atoms with Gasteiger partial charge in [0.25, 0.3) is 0 Å². The van der Waals surface area contributed by atoms with Crippen molar-refractivity contribution < 1.29 is 4.57 Å². The molecule has 0 N–H and O–H groups in total. The fraction of sp³-hybridized carbons (Fsp3) is 0.636. The molecule has 0 aliphatic carbocycles. The molecule has 4 heteroatoms. The molecule has 0 aliphatic heterocycles. The first-order valence-electron chi connectivity index (χ1n) is 5.27. The van der Waals surface area contributed by atoms with E-state index >= 15 is 0 Å². The highest BCUT2D eigenvalue weighted by molar-refractivity contribution is 7.98. The largest absolute Gasteiger partial charge is 0.243 e. The zero-order chi connectivity index (χ0) is 10.9. The van der Waals surface area contributed by atoms with Gasteiger partial charge in [0, 0.05) is 6.42 Å². The van der Waals surface area contributed by atoms with Crippen molar-refractivity contribution in [2.75, 3.05) is 12.0 Å². The lowest BCUT2D eigenvalue weighted by molar-refractivity contribution is -0.696. The first-order valence-corrected chi connectivity index (χ1v) is 6.67. The second-order valence-electron chi connectivity index (χ2n) is 3.50. The van der Waals surface area contributed by atoms with Crippen LogP contribution in [0.15, 0.2) is 18.7 Å². The van der Waals surface area contributed by atoms with E-state index in [4.69, 9.17) is 5.26 Å². The maximum Gasteiger partial charge on any atom is 0.243 e. The van der Waals surface area contributed by atoms with Crippen LogP contribution in [-0.4, -0.2) is 16.6 Å². The van der Waals surface area contributed by atoms with Crippen molar-refractivity contribution >= 4 is 11.8 Å². The molecule has 0 spiro atoms. The third kappa shape index (κ3) is 4.89. The Hall–Kier alpha value is -0.950. The molecule has 82 valence electrons. The van der Waals surface area contributed by atoms with E-state index in [0.29, 0.717) is 6.42 Å². The molecule has 0 bridgehead atoms. The van der Waals surface area contributed by atoms with Gasteiger partial charge in [-0.2, -0.15) is 17.0 Å². The highest BCUT2D eigenvalue weighted by Gasteiger charge is 2.02. The topological polar surface area (TPSA) is 32.6 Å². The number of imidazole rings is 1. The number of thioether (sulfide) groups is 1. The minimum atomic E-state index is 0.644. The fourth-order valence-electron chi connectivity index (χ4n) is 1.44. The van der Waals surface area contributed by atoms with Crippen LogP contribution in [0.1, 0.15) is 19.3 Å². The van der Waals surface area contributed by atoms with Crippen LogP contribution in [-0.2, 0) is 13.1 Å². The zero-order valence-corrected chi connectivity index (χ0v) is 10.0. The molecule has 0 aliphatic rings. The number of nitriles is 1. The van der Waals surface area contributed by atoms with Gasteiger partial charge in [-0.25, -0.2) is 9.13 Å². The van der Waals surface area contributed by atoms with Crippen molar-refractivity contribution in [1.82, 2.24) is 4.57 Å². The van der Waals surface area contributed by atoms with Crippen LogP contribution in [0.2, 0.25) is 0 Å². The molecule has 3 nitrogen and oxygen atoms in total. The van der Waals surface area contributed by atoms with E-state index in [2.05, 4.69) is 40.2 Å². The third-order valence-electron chi connectivity index (χ3n) is 2.22. The molecule has 1 heterocycles. The summed E-state index contributed by atoms with van der Waals surface area (Å²) in [5, 5.41) is 8.43. The number of unbranched alkanes of at least 4 members (excludes halogenated alkanes) is 1. The molecule has 0 amide bonds. The van der Waals surface area contributed by atoms with Crippen molar-refractivity contribution in [1.29, 1.82) is 5.26 Å². The predicted octanol–water partition coefficient (Wildman–Crippen LogP) is 1.83. The van der Waals surface area contributed by atoms with Crippen molar-refractivity contribution in [2.24, 2.45) is 0 Å². The standard InChI is InChI=1S/C11H18N3S/c1-15-10-4-7-14-9-8-13(11-14)6-3-2-5-12/h8-9,11H,2-4,6-7,10H2,1H3/q+1. The Bertz CT molecular complexity index is 314. The van der Waals surface area contributed by atoms with Gasteiger partial charge >= 0.3 is 0 Å².